The van der Waals surface area contributed by atoms with Gasteiger partial charge in [0.25, 0.3) is 0 Å². The molecule has 2 heterocycles. The summed E-state index contributed by atoms with van der Waals surface area (Å²) in [4.78, 5) is 0. The lowest BCUT2D eigenvalue weighted by Crippen LogP contribution is -2.07. The van der Waals surface area contributed by atoms with E-state index in [1.54, 1.807) is 0 Å². The zero-order valence-electron chi connectivity index (χ0n) is 6.82. The smallest absolute Gasteiger partial charge is 0.107 e. The van der Waals surface area contributed by atoms with Crippen LogP contribution in [0, 0.1) is 6.92 Å². The number of rotatable bonds is 2. The van der Waals surface area contributed by atoms with E-state index in [9.17, 15) is 0 Å². The first kappa shape index (κ1) is 8.97. The fourth-order valence-electron chi connectivity index (χ4n) is 0.581. The van der Waals surface area contributed by atoms with Crippen molar-refractivity contribution in [2.75, 3.05) is 13.2 Å². The number of aliphatic hydroxyl groups excluding tert-OH is 1. The van der Waals surface area contributed by atoms with Crippen LogP contribution in [0.1, 0.15) is 13.3 Å². The second-order valence-electron chi connectivity index (χ2n) is 2.80. The van der Waals surface area contributed by atoms with Crippen molar-refractivity contribution in [3.63, 3.8) is 0 Å². The quantitative estimate of drug-likeness (QED) is 0.592. The zero-order chi connectivity index (χ0) is 8.27. The highest BCUT2D eigenvalue weighted by molar-refractivity contribution is 4.79. The highest BCUT2D eigenvalue weighted by atomic mass is 16.6. The molecule has 0 spiro atoms. The van der Waals surface area contributed by atoms with E-state index in [-0.39, 0.29) is 6.10 Å². The van der Waals surface area contributed by atoms with Crippen molar-refractivity contribution in [3.8, 4) is 0 Å². The maximum Gasteiger partial charge on any atom is 0.107 e. The Hall–Kier alpha value is -0.120. The average Bonchev–Trinajstić information content (AvgIpc) is 2.86. The minimum Gasteiger partial charge on any atom is -0.390 e. The summed E-state index contributed by atoms with van der Waals surface area (Å²) >= 11 is 0. The van der Waals surface area contributed by atoms with E-state index in [4.69, 9.17) is 9.84 Å². The summed E-state index contributed by atoms with van der Waals surface area (Å²) in [5.41, 5.74) is 0. The third kappa shape index (κ3) is 4.35. The minimum atomic E-state index is -0.509. The Bertz CT molecular complexity index is 106. The van der Waals surface area contributed by atoms with Gasteiger partial charge in [-0.2, -0.15) is 0 Å². The number of hydrogen-bond donors (Lipinski definition) is 1. The fourth-order valence-corrected chi connectivity index (χ4v) is 0.581. The molecule has 0 bridgehead atoms. The van der Waals surface area contributed by atoms with E-state index >= 15 is 0 Å². The lowest BCUT2D eigenvalue weighted by molar-refractivity contribution is 0.175. The van der Waals surface area contributed by atoms with Crippen molar-refractivity contribution in [3.05, 3.63) is 6.92 Å². The summed E-state index contributed by atoms with van der Waals surface area (Å²) < 4.78 is 9.52. The Kier molecular flexibility index (Phi) is 3.30. The van der Waals surface area contributed by atoms with Crippen molar-refractivity contribution >= 4 is 0 Å². The molecule has 2 aliphatic rings. The zero-order valence-corrected chi connectivity index (χ0v) is 6.82. The molecule has 65 valence electrons. The Labute approximate surface area is 67.3 Å². The lowest BCUT2D eigenvalue weighted by atomic mass is 10.3. The van der Waals surface area contributed by atoms with Gasteiger partial charge >= 0.3 is 0 Å². The van der Waals surface area contributed by atoms with E-state index in [0.717, 1.165) is 6.61 Å². The topological polar surface area (TPSA) is 45.3 Å². The third-order valence-corrected chi connectivity index (χ3v) is 1.65. The number of aliphatic hydroxyl groups is 1. The van der Waals surface area contributed by atoms with Gasteiger partial charge in [-0.3, -0.25) is 0 Å². The molecule has 2 saturated heterocycles. The van der Waals surface area contributed by atoms with Crippen molar-refractivity contribution in [1.82, 2.24) is 0 Å². The van der Waals surface area contributed by atoms with Crippen LogP contribution in [0.15, 0.2) is 0 Å². The summed E-state index contributed by atoms with van der Waals surface area (Å²) in [5.74, 6) is 0. The molecule has 3 heteroatoms. The monoisotopic (exact) mass is 159 g/mol. The van der Waals surface area contributed by atoms with Crippen LogP contribution in [-0.2, 0) is 9.47 Å². The second-order valence-corrected chi connectivity index (χ2v) is 2.80. The standard InChI is InChI=1S/C4H7O2.C4H8O/c1-3(5)4-2-6-4;1-2-4-3-5-4/h3-5H,1-2H2;4H,2-3H2,1H3. The van der Waals surface area contributed by atoms with E-state index in [0.29, 0.717) is 12.7 Å². The van der Waals surface area contributed by atoms with Crippen LogP contribution in [0.2, 0.25) is 0 Å². The molecule has 3 nitrogen and oxygen atoms in total. The molecule has 3 atom stereocenters. The molecule has 0 aromatic carbocycles. The molecule has 0 aromatic rings. The number of hydrogen-bond acceptors (Lipinski definition) is 3. The molecular weight excluding hydrogens is 144 g/mol. The first-order chi connectivity index (χ1) is 5.24. The summed E-state index contributed by atoms with van der Waals surface area (Å²) in [7, 11) is 0. The Morgan fingerprint density at radius 3 is 2.09 bits per heavy atom. The molecule has 0 aromatic heterocycles. The van der Waals surface area contributed by atoms with Crippen LogP contribution in [0.5, 0.6) is 0 Å². The van der Waals surface area contributed by atoms with Crippen molar-refractivity contribution in [2.24, 2.45) is 0 Å². The molecular formula is C8H15O3. The summed E-state index contributed by atoms with van der Waals surface area (Å²) in [6.07, 6.45) is 1.37. The number of epoxide rings is 2. The molecule has 3 unspecified atom stereocenters. The molecule has 0 aliphatic carbocycles. The van der Waals surface area contributed by atoms with Gasteiger partial charge in [-0.25, -0.2) is 0 Å². The molecule has 2 aliphatic heterocycles. The highest BCUT2D eigenvalue weighted by Gasteiger charge is 2.27. The van der Waals surface area contributed by atoms with Gasteiger partial charge in [0.05, 0.1) is 25.4 Å². The van der Waals surface area contributed by atoms with Gasteiger partial charge in [0.15, 0.2) is 0 Å². The predicted octanol–water partition coefficient (Wildman–Crippen LogP) is 0.375. The number of ether oxygens (including phenoxy) is 2. The minimum absolute atomic E-state index is 0.0463. The second kappa shape index (κ2) is 4.04. The predicted molar refractivity (Wildman–Crippen MR) is 41.1 cm³/mol. The van der Waals surface area contributed by atoms with Gasteiger partial charge in [-0.1, -0.05) is 6.92 Å². The van der Waals surface area contributed by atoms with Gasteiger partial charge in [0, 0.05) is 0 Å². The van der Waals surface area contributed by atoms with Crippen LogP contribution >= 0.6 is 0 Å². The Balaban J connectivity index is 0.000000112. The molecule has 2 fully saturated rings. The maximum atomic E-state index is 8.46. The van der Waals surface area contributed by atoms with Crippen molar-refractivity contribution in [1.29, 1.82) is 0 Å². The van der Waals surface area contributed by atoms with Crippen LogP contribution in [-0.4, -0.2) is 36.6 Å². The Morgan fingerprint density at radius 1 is 1.55 bits per heavy atom. The summed E-state index contributed by atoms with van der Waals surface area (Å²) in [5, 5.41) is 8.46. The average molecular weight is 159 g/mol. The molecule has 2 rings (SSSR count). The molecule has 1 radical (unpaired) electrons. The first-order valence-electron chi connectivity index (χ1n) is 3.98. The fraction of sp³-hybridized carbons (Fsp3) is 0.875. The van der Waals surface area contributed by atoms with E-state index in [1.807, 2.05) is 0 Å². The Morgan fingerprint density at radius 2 is 2.09 bits per heavy atom. The molecule has 0 amide bonds. The van der Waals surface area contributed by atoms with Gasteiger partial charge in [0.1, 0.15) is 6.10 Å². The molecule has 11 heavy (non-hydrogen) atoms. The van der Waals surface area contributed by atoms with Crippen molar-refractivity contribution in [2.45, 2.75) is 31.7 Å². The largest absolute Gasteiger partial charge is 0.390 e. The lowest BCUT2D eigenvalue weighted by Gasteiger charge is -1.90. The maximum absolute atomic E-state index is 8.46. The van der Waals surface area contributed by atoms with Crippen LogP contribution in [0.25, 0.3) is 0 Å². The van der Waals surface area contributed by atoms with Gasteiger partial charge in [-0.05, 0) is 13.3 Å². The molecule has 1 N–H and O–H groups in total. The van der Waals surface area contributed by atoms with E-state index < -0.39 is 6.10 Å². The van der Waals surface area contributed by atoms with E-state index in [1.165, 1.54) is 6.42 Å². The van der Waals surface area contributed by atoms with Crippen LogP contribution in [0.4, 0.5) is 0 Å². The van der Waals surface area contributed by atoms with Crippen molar-refractivity contribution < 1.29 is 14.6 Å². The van der Waals surface area contributed by atoms with Gasteiger partial charge in [0.2, 0.25) is 0 Å². The SMILES string of the molecule is CCC1CO1.[CH2]C(O)C1CO1. The van der Waals surface area contributed by atoms with Gasteiger partial charge < -0.3 is 14.6 Å². The summed E-state index contributed by atoms with van der Waals surface area (Å²) in [6.45, 7) is 7.16. The molecule has 0 saturated carbocycles. The van der Waals surface area contributed by atoms with Crippen LogP contribution in [0.3, 0.4) is 0 Å². The normalized spacial score (nSPS) is 35.2. The van der Waals surface area contributed by atoms with Crippen LogP contribution < -0.4 is 0 Å². The van der Waals surface area contributed by atoms with Gasteiger partial charge in [-0.15, -0.1) is 0 Å². The van der Waals surface area contributed by atoms with E-state index in [2.05, 4.69) is 18.6 Å². The summed E-state index contributed by atoms with van der Waals surface area (Å²) in [6, 6.07) is 0. The first-order valence-corrected chi connectivity index (χ1v) is 3.98. The third-order valence-electron chi connectivity index (χ3n) is 1.65. The highest BCUT2D eigenvalue weighted by Crippen LogP contribution is 2.12.